The molecule has 0 unspecified atom stereocenters. The molecule has 4 rings (SSSR count). The Bertz CT molecular complexity index is 1060. The highest BCUT2D eigenvalue weighted by Gasteiger charge is 2.43. The molecular weight excluding hydrogens is 402 g/mol. The summed E-state index contributed by atoms with van der Waals surface area (Å²) in [6.45, 7) is 1.06. The molecule has 0 saturated heterocycles. The standard InChI is InChI=1S/C22H21N3O4S/c1-29-16-7-5-15(6-8-16)19-18(20(26)17-4-2-13-30-17)21(27)22(28)25(19)11-3-10-24-12-9-23-14-24/h2,4-9,12-14,19,27H,3,10-11H2,1H3/t19-/m0/s1. The molecule has 1 atom stereocenters. The number of methoxy groups -OCH3 is 1. The molecule has 3 aromatic rings. The molecule has 3 heterocycles. The van der Waals surface area contributed by atoms with Crippen LogP contribution < -0.4 is 4.74 Å². The Morgan fingerprint density at radius 1 is 1.23 bits per heavy atom. The number of ether oxygens (including phenoxy) is 1. The predicted octanol–water partition coefficient (Wildman–Crippen LogP) is 3.62. The number of thiophene rings is 1. The Morgan fingerprint density at radius 2 is 2.03 bits per heavy atom. The van der Waals surface area contributed by atoms with Crippen LogP contribution in [0.1, 0.15) is 27.7 Å². The van der Waals surface area contributed by atoms with Crippen molar-refractivity contribution >= 4 is 23.0 Å². The normalized spacial score (nSPS) is 16.4. The lowest BCUT2D eigenvalue weighted by atomic mass is 9.95. The minimum Gasteiger partial charge on any atom is -0.503 e. The van der Waals surface area contributed by atoms with E-state index in [0.29, 0.717) is 30.1 Å². The number of imidazole rings is 1. The van der Waals surface area contributed by atoms with E-state index < -0.39 is 17.7 Å². The van der Waals surface area contributed by atoms with Crippen molar-refractivity contribution in [1.82, 2.24) is 14.5 Å². The van der Waals surface area contributed by atoms with Crippen molar-refractivity contribution in [3.8, 4) is 5.75 Å². The van der Waals surface area contributed by atoms with Crippen molar-refractivity contribution in [2.45, 2.75) is 19.0 Å². The molecule has 1 aliphatic rings. The molecule has 8 heteroatoms. The van der Waals surface area contributed by atoms with Gasteiger partial charge in [-0.15, -0.1) is 11.3 Å². The first-order valence-corrected chi connectivity index (χ1v) is 10.4. The zero-order valence-electron chi connectivity index (χ0n) is 16.4. The molecule has 1 N–H and O–H groups in total. The zero-order chi connectivity index (χ0) is 21.1. The van der Waals surface area contributed by atoms with E-state index in [1.807, 2.05) is 22.9 Å². The molecule has 1 aromatic carbocycles. The van der Waals surface area contributed by atoms with Gasteiger partial charge in [0.15, 0.2) is 5.76 Å². The SMILES string of the molecule is COc1ccc([C@H]2C(C(=O)c3cccs3)=C(O)C(=O)N2CCCn2ccnc2)cc1. The van der Waals surface area contributed by atoms with Gasteiger partial charge in [0, 0.05) is 25.5 Å². The average molecular weight is 423 g/mol. The predicted molar refractivity (Wildman–Crippen MR) is 113 cm³/mol. The number of carbonyl (C=O) groups is 2. The zero-order valence-corrected chi connectivity index (χ0v) is 17.2. The van der Waals surface area contributed by atoms with Gasteiger partial charge in [-0.25, -0.2) is 4.98 Å². The van der Waals surface area contributed by atoms with E-state index in [0.717, 1.165) is 5.56 Å². The van der Waals surface area contributed by atoms with Crippen LogP contribution in [0.15, 0.2) is 71.8 Å². The number of nitrogens with zero attached hydrogens (tertiary/aromatic N) is 3. The van der Waals surface area contributed by atoms with Crippen LogP contribution in [0.25, 0.3) is 0 Å². The number of Topliss-reactive ketones (excluding diaryl/α,β-unsaturated/α-hetero) is 1. The number of benzene rings is 1. The number of rotatable bonds is 8. The Hall–Kier alpha value is -3.39. The Balaban J connectivity index is 1.66. The van der Waals surface area contributed by atoms with Gasteiger partial charge in [-0.1, -0.05) is 18.2 Å². The Labute approximate surface area is 177 Å². The van der Waals surface area contributed by atoms with Crippen LogP contribution in [0.4, 0.5) is 0 Å². The smallest absolute Gasteiger partial charge is 0.290 e. The third-order valence-electron chi connectivity index (χ3n) is 5.10. The highest BCUT2D eigenvalue weighted by molar-refractivity contribution is 7.12. The van der Waals surface area contributed by atoms with E-state index in [4.69, 9.17) is 4.74 Å². The number of aromatic nitrogens is 2. The summed E-state index contributed by atoms with van der Waals surface area (Å²) in [6, 6.07) is 10.0. The number of aliphatic hydroxyl groups is 1. The summed E-state index contributed by atoms with van der Waals surface area (Å²) in [5.74, 6) is -0.652. The van der Waals surface area contributed by atoms with Crippen molar-refractivity contribution in [3.05, 3.63) is 82.3 Å². The number of aryl methyl sites for hydroxylation is 1. The average Bonchev–Trinajstić information content (AvgIpc) is 3.52. The van der Waals surface area contributed by atoms with Gasteiger partial charge in [0.2, 0.25) is 5.78 Å². The van der Waals surface area contributed by atoms with Gasteiger partial charge < -0.3 is 19.3 Å². The van der Waals surface area contributed by atoms with Crippen molar-refractivity contribution < 1.29 is 19.4 Å². The fraction of sp³-hybridized carbons (Fsp3) is 0.227. The van der Waals surface area contributed by atoms with Crippen LogP contribution in [0.3, 0.4) is 0 Å². The van der Waals surface area contributed by atoms with Crippen molar-refractivity contribution in [1.29, 1.82) is 0 Å². The second kappa shape index (κ2) is 8.54. The summed E-state index contributed by atoms with van der Waals surface area (Å²) in [6.07, 6.45) is 5.93. The number of hydrogen-bond donors (Lipinski definition) is 1. The van der Waals surface area contributed by atoms with Crippen LogP contribution in [-0.4, -0.2) is 44.9 Å². The van der Waals surface area contributed by atoms with Crippen LogP contribution in [0.2, 0.25) is 0 Å². The Morgan fingerprint density at radius 3 is 2.67 bits per heavy atom. The maximum Gasteiger partial charge on any atom is 0.290 e. The highest BCUT2D eigenvalue weighted by Crippen LogP contribution is 2.40. The van der Waals surface area contributed by atoms with Gasteiger partial charge in [-0.05, 0) is 35.6 Å². The number of carbonyl (C=O) groups excluding carboxylic acids is 2. The molecule has 7 nitrogen and oxygen atoms in total. The summed E-state index contributed by atoms with van der Waals surface area (Å²) in [4.78, 5) is 32.1. The molecule has 1 amide bonds. The molecule has 0 spiro atoms. The molecule has 0 bridgehead atoms. The summed E-state index contributed by atoms with van der Waals surface area (Å²) in [5.41, 5.74) is 0.867. The maximum absolute atomic E-state index is 13.2. The second-order valence-electron chi connectivity index (χ2n) is 6.90. The van der Waals surface area contributed by atoms with E-state index in [9.17, 15) is 14.7 Å². The molecule has 154 valence electrons. The van der Waals surface area contributed by atoms with Gasteiger partial charge in [-0.3, -0.25) is 9.59 Å². The topological polar surface area (TPSA) is 84.7 Å². The van der Waals surface area contributed by atoms with Crippen LogP contribution in [0.5, 0.6) is 5.75 Å². The lowest BCUT2D eigenvalue weighted by Crippen LogP contribution is -2.32. The lowest BCUT2D eigenvalue weighted by molar-refractivity contribution is -0.129. The first-order chi connectivity index (χ1) is 14.6. The fourth-order valence-corrected chi connectivity index (χ4v) is 4.31. The molecule has 0 radical (unpaired) electrons. The van der Waals surface area contributed by atoms with Crippen LogP contribution in [0, 0.1) is 0 Å². The first kappa shape index (κ1) is 19.9. The van der Waals surface area contributed by atoms with Crippen LogP contribution >= 0.6 is 11.3 Å². The highest BCUT2D eigenvalue weighted by atomic mass is 32.1. The molecule has 0 aliphatic carbocycles. The van der Waals surface area contributed by atoms with E-state index in [2.05, 4.69) is 4.98 Å². The largest absolute Gasteiger partial charge is 0.503 e. The summed E-state index contributed by atoms with van der Waals surface area (Å²) in [7, 11) is 1.58. The van der Waals surface area contributed by atoms with E-state index >= 15 is 0 Å². The molecular formula is C22H21N3O4S. The third-order valence-corrected chi connectivity index (χ3v) is 5.97. The summed E-state index contributed by atoms with van der Waals surface area (Å²) < 4.78 is 7.15. The summed E-state index contributed by atoms with van der Waals surface area (Å²) >= 11 is 1.29. The maximum atomic E-state index is 13.2. The molecule has 2 aromatic heterocycles. The number of amides is 1. The number of ketones is 1. The molecule has 1 aliphatic heterocycles. The monoisotopic (exact) mass is 423 g/mol. The van der Waals surface area contributed by atoms with E-state index in [-0.39, 0.29) is 11.4 Å². The fourth-order valence-electron chi connectivity index (χ4n) is 3.63. The van der Waals surface area contributed by atoms with Crippen molar-refractivity contribution in [2.24, 2.45) is 0 Å². The molecule has 0 saturated carbocycles. The minimum atomic E-state index is -0.652. The molecule has 0 fully saturated rings. The minimum absolute atomic E-state index is 0.121. The van der Waals surface area contributed by atoms with Gasteiger partial charge >= 0.3 is 0 Å². The van der Waals surface area contributed by atoms with E-state index in [1.54, 1.807) is 54.2 Å². The molecule has 30 heavy (non-hydrogen) atoms. The lowest BCUT2D eigenvalue weighted by Gasteiger charge is -2.27. The Kier molecular flexibility index (Phi) is 5.67. The second-order valence-corrected chi connectivity index (χ2v) is 7.84. The summed E-state index contributed by atoms with van der Waals surface area (Å²) in [5, 5.41) is 12.4. The first-order valence-electron chi connectivity index (χ1n) is 9.52. The number of aliphatic hydroxyl groups excluding tert-OH is 1. The van der Waals surface area contributed by atoms with Crippen LogP contribution in [-0.2, 0) is 11.3 Å². The quantitative estimate of drug-likeness (QED) is 0.560. The van der Waals surface area contributed by atoms with Gasteiger partial charge in [0.05, 0.1) is 29.9 Å². The van der Waals surface area contributed by atoms with Gasteiger partial charge in [0.25, 0.3) is 5.91 Å². The van der Waals surface area contributed by atoms with Crippen molar-refractivity contribution in [3.63, 3.8) is 0 Å². The number of hydrogen-bond acceptors (Lipinski definition) is 6. The van der Waals surface area contributed by atoms with E-state index in [1.165, 1.54) is 11.3 Å². The van der Waals surface area contributed by atoms with Crippen molar-refractivity contribution in [2.75, 3.05) is 13.7 Å². The van der Waals surface area contributed by atoms with Gasteiger partial charge in [0.1, 0.15) is 5.75 Å². The third kappa shape index (κ3) is 3.73. The van der Waals surface area contributed by atoms with Gasteiger partial charge in [-0.2, -0.15) is 0 Å².